The zero-order valence-corrected chi connectivity index (χ0v) is 7.31. The molecule has 0 unspecified atom stereocenters. The molecule has 0 spiro atoms. The van der Waals surface area contributed by atoms with Gasteiger partial charge in [0.25, 0.3) is 0 Å². The van der Waals surface area contributed by atoms with E-state index in [2.05, 4.69) is 18.5 Å². The molecular weight excluding hydrogens is 167 g/mol. The van der Waals surface area contributed by atoms with Gasteiger partial charge in [-0.3, -0.25) is 0 Å². The smallest absolute Gasteiger partial charge is 0.117 e. The molecule has 1 N–H and O–H groups in total. The third-order valence-electron chi connectivity index (χ3n) is 2.04. The molecule has 13 heavy (non-hydrogen) atoms. The van der Waals surface area contributed by atoms with Crippen LogP contribution in [0.1, 0.15) is 0 Å². The summed E-state index contributed by atoms with van der Waals surface area (Å²) in [7, 11) is 0. The van der Waals surface area contributed by atoms with Crippen molar-refractivity contribution in [3.8, 4) is 6.07 Å². The van der Waals surface area contributed by atoms with Gasteiger partial charge in [-0.05, 0) is 11.6 Å². The van der Waals surface area contributed by atoms with Gasteiger partial charge in [-0.25, -0.2) is 4.39 Å². The van der Waals surface area contributed by atoms with E-state index < -0.39 is 5.83 Å². The Kier molecular flexibility index (Phi) is 2.99. The molecule has 68 valence electrons. The number of halogens is 1. The third kappa shape index (κ3) is 2.27. The molecule has 0 aromatic rings. The molecule has 0 aromatic carbocycles. The van der Waals surface area contributed by atoms with Crippen molar-refractivity contribution in [3.63, 3.8) is 0 Å². The average molecular weight is 178 g/mol. The Hall–Kier alpha value is -1.40. The highest BCUT2D eigenvalue weighted by atomic mass is 19.1. The number of nitrogens with zero attached hydrogens (tertiary/aromatic N) is 1. The van der Waals surface area contributed by atoms with Crippen molar-refractivity contribution < 1.29 is 4.39 Å². The molecule has 1 fully saturated rings. The topological polar surface area (TPSA) is 35.8 Å². The first-order valence-corrected chi connectivity index (χ1v) is 4.01. The average Bonchev–Trinajstić information content (AvgIpc) is 1.96. The van der Waals surface area contributed by atoms with E-state index in [1.807, 2.05) is 6.07 Å². The van der Waals surface area contributed by atoms with E-state index in [4.69, 9.17) is 5.26 Å². The summed E-state index contributed by atoms with van der Waals surface area (Å²) in [5.74, 6) is -0.338. The number of hydrogen-bond acceptors (Lipinski definition) is 2. The Balaban J connectivity index is 2.72. The van der Waals surface area contributed by atoms with Crippen LogP contribution in [0.15, 0.2) is 36.2 Å². The van der Waals surface area contributed by atoms with Crippen LogP contribution in [0.5, 0.6) is 0 Å². The molecule has 0 bridgehead atoms. The van der Waals surface area contributed by atoms with Crippen molar-refractivity contribution >= 4 is 0 Å². The van der Waals surface area contributed by atoms with Gasteiger partial charge in [-0.1, -0.05) is 13.2 Å². The zero-order valence-electron chi connectivity index (χ0n) is 7.31. The fraction of sp³-hybridized carbons (Fsp3) is 0.300. The normalized spacial score (nSPS) is 17.4. The maximum atomic E-state index is 12.4. The Labute approximate surface area is 77.1 Å². The minimum atomic E-state index is -0.606. The minimum absolute atomic E-state index is 0.269. The van der Waals surface area contributed by atoms with Crippen LogP contribution in [0.25, 0.3) is 0 Å². The van der Waals surface area contributed by atoms with E-state index in [9.17, 15) is 4.39 Å². The van der Waals surface area contributed by atoms with Crippen molar-refractivity contribution in [2.45, 2.75) is 0 Å². The van der Waals surface area contributed by atoms with Gasteiger partial charge < -0.3 is 5.32 Å². The van der Waals surface area contributed by atoms with Crippen LogP contribution in [0.2, 0.25) is 0 Å². The number of hydrogen-bond donors (Lipinski definition) is 1. The van der Waals surface area contributed by atoms with Crippen molar-refractivity contribution in [3.05, 3.63) is 36.2 Å². The van der Waals surface area contributed by atoms with Crippen molar-refractivity contribution in [1.29, 1.82) is 5.26 Å². The number of nitrogens with one attached hydrogen (secondary N) is 1. The SMILES string of the molecule is C=C(F)/C=C(/C#N)C(=C)C1CNC1. The Morgan fingerprint density at radius 3 is 2.46 bits per heavy atom. The summed E-state index contributed by atoms with van der Waals surface area (Å²) in [4.78, 5) is 0. The minimum Gasteiger partial charge on any atom is -0.315 e. The largest absolute Gasteiger partial charge is 0.315 e. The van der Waals surface area contributed by atoms with Crippen LogP contribution in [-0.2, 0) is 0 Å². The monoisotopic (exact) mass is 178 g/mol. The molecular formula is C10H11FN2. The molecule has 0 amide bonds. The van der Waals surface area contributed by atoms with Crippen LogP contribution >= 0.6 is 0 Å². The third-order valence-corrected chi connectivity index (χ3v) is 2.04. The summed E-state index contributed by atoms with van der Waals surface area (Å²) in [6, 6.07) is 1.92. The molecule has 3 heteroatoms. The van der Waals surface area contributed by atoms with Gasteiger partial charge in [-0.15, -0.1) is 0 Å². The number of allylic oxidation sites excluding steroid dienone is 3. The van der Waals surface area contributed by atoms with Gasteiger partial charge >= 0.3 is 0 Å². The standard InChI is InChI=1S/C10H11FN2/c1-7(11)3-9(4-12)8(2)10-5-13-6-10/h3,10,13H,1-2,5-6H2/b9-3-. The van der Waals surface area contributed by atoms with Crippen LogP contribution in [0, 0.1) is 17.2 Å². The molecule has 0 aromatic heterocycles. The molecule has 2 nitrogen and oxygen atoms in total. The van der Waals surface area contributed by atoms with Crippen molar-refractivity contribution in [2.75, 3.05) is 13.1 Å². The van der Waals surface area contributed by atoms with Crippen molar-refractivity contribution in [2.24, 2.45) is 5.92 Å². The number of rotatable bonds is 3. The van der Waals surface area contributed by atoms with Gasteiger partial charge in [0, 0.05) is 19.0 Å². The quantitative estimate of drug-likeness (QED) is 0.527. The van der Waals surface area contributed by atoms with Crippen LogP contribution in [0.3, 0.4) is 0 Å². The van der Waals surface area contributed by atoms with E-state index in [0.29, 0.717) is 11.1 Å². The first-order valence-electron chi connectivity index (χ1n) is 4.01. The molecule has 0 aliphatic carbocycles. The van der Waals surface area contributed by atoms with Crippen molar-refractivity contribution in [1.82, 2.24) is 5.32 Å². The maximum absolute atomic E-state index is 12.4. The van der Waals surface area contributed by atoms with Crippen LogP contribution in [-0.4, -0.2) is 13.1 Å². The maximum Gasteiger partial charge on any atom is 0.117 e. The second kappa shape index (κ2) is 4.01. The highest BCUT2D eigenvalue weighted by Crippen LogP contribution is 2.21. The lowest BCUT2D eigenvalue weighted by atomic mass is 9.89. The highest BCUT2D eigenvalue weighted by molar-refractivity contribution is 5.45. The molecule has 1 aliphatic rings. The molecule has 0 radical (unpaired) electrons. The lowest BCUT2D eigenvalue weighted by molar-refractivity contribution is 0.404. The Morgan fingerprint density at radius 2 is 2.15 bits per heavy atom. The second-order valence-electron chi connectivity index (χ2n) is 3.00. The van der Waals surface area contributed by atoms with E-state index in [1.165, 1.54) is 0 Å². The van der Waals surface area contributed by atoms with Crippen LogP contribution in [0.4, 0.5) is 4.39 Å². The van der Waals surface area contributed by atoms with Gasteiger partial charge in [0.1, 0.15) is 5.83 Å². The van der Waals surface area contributed by atoms with Gasteiger partial charge in [-0.2, -0.15) is 5.26 Å². The highest BCUT2D eigenvalue weighted by Gasteiger charge is 2.22. The lowest BCUT2D eigenvalue weighted by Crippen LogP contribution is -2.43. The predicted octanol–water partition coefficient (Wildman–Crippen LogP) is 1.70. The van der Waals surface area contributed by atoms with E-state index in [-0.39, 0.29) is 5.92 Å². The summed E-state index contributed by atoms with van der Waals surface area (Å²) in [6.07, 6.45) is 1.13. The first-order chi connectivity index (χ1) is 6.15. The Bertz CT molecular complexity index is 305. The second-order valence-corrected chi connectivity index (χ2v) is 3.00. The number of nitriles is 1. The first kappa shape index (κ1) is 9.69. The summed E-state index contributed by atoms with van der Waals surface area (Å²) >= 11 is 0. The molecule has 1 aliphatic heterocycles. The van der Waals surface area contributed by atoms with E-state index in [0.717, 1.165) is 19.2 Å². The van der Waals surface area contributed by atoms with E-state index >= 15 is 0 Å². The fourth-order valence-corrected chi connectivity index (χ4v) is 1.11. The summed E-state index contributed by atoms with van der Waals surface area (Å²) in [6.45, 7) is 8.47. The molecule has 1 saturated heterocycles. The summed E-state index contributed by atoms with van der Waals surface area (Å²) in [5.41, 5.74) is 0.985. The zero-order chi connectivity index (χ0) is 9.84. The predicted molar refractivity (Wildman–Crippen MR) is 49.4 cm³/mol. The van der Waals surface area contributed by atoms with Gasteiger partial charge in [0.05, 0.1) is 11.6 Å². The van der Waals surface area contributed by atoms with Crippen LogP contribution < -0.4 is 5.32 Å². The molecule has 0 atom stereocenters. The fourth-order valence-electron chi connectivity index (χ4n) is 1.11. The lowest BCUT2D eigenvalue weighted by Gasteiger charge is -2.28. The van der Waals surface area contributed by atoms with Gasteiger partial charge in [0.15, 0.2) is 0 Å². The molecule has 0 saturated carbocycles. The molecule has 1 rings (SSSR count). The van der Waals surface area contributed by atoms with Gasteiger partial charge in [0.2, 0.25) is 0 Å². The molecule has 1 heterocycles. The summed E-state index contributed by atoms with van der Waals surface area (Å²) in [5, 5.41) is 11.8. The van der Waals surface area contributed by atoms with E-state index in [1.54, 1.807) is 0 Å². The Morgan fingerprint density at radius 1 is 1.54 bits per heavy atom. The summed E-state index contributed by atoms with van der Waals surface area (Å²) < 4.78 is 12.4.